The topological polar surface area (TPSA) is 69.0 Å². The molecule has 0 radical (unpaired) electrons. The quantitative estimate of drug-likeness (QED) is 0.413. The molecule has 32 heavy (non-hydrogen) atoms. The summed E-state index contributed by atoms with van der Waals surface area (Å²) in [5, 5.41) is 12.7. The van der Waals surface area contributed by atoms with Crippen molar-refractivity contribution in [3.63, 3.8) is 0 Å². The summed E-state index contributed by atoms with van der Waals surface area (Å²) in [6.07, 6.45) is 2.82. The number of amides is 1. The Labute approximate surface area is 194 Å². The highest BCUT2D eigenvalue weighted by atomic mass is 32.2. The second kappa shape index (κ2) is 11.7. The number of hydrogen-bond donors (Lipinski definition) is 1. The van der Waals surface area contributed by atoms with E-state index in [0.717, 1.165) is 47.6 Å². The van der Waals surface area contributed by atoms with Gasteiger partial charge in [-0.3, -0.25) is 9.36 Å². The van der Waals surface area contributed by atoms with Gasteiger partial charge in [-0.25, -0.2) is 0 Å². The Kier molecular flexibility index (Phi) is 8.73. The smallest absolute Gasteiger partial charge is 0.220 e. The van der Waals surface area contributed by atoms with Crippen LogP contribution in [-0.2, 0) is 17.0 Å². The van der Waals surface area contributed by atoms with Gasteiger partial charge in [-0.05, 0) is 44.4 Å². The van der Waals surface area contributed by atoms with E-state index in [1.165, 1.54) is 16.7 Å². The lowest BCUT2D eigenvalue weighted by Crippen LogP contribution is -2.23. The van der Waals surface area contributed by atoms with Crippen LogP contribution in [0.5, 0.6) is 5.75 Å². The highest BCUT2D eigenvalue weighted by Gasteiger charge is 2.16. The molecule has 170 valence electrons. The predicted octanol–water partition coefficient (Wildman–Crippen LogP) is 5.03. The monoisotopic (exact) mass is 452 g/mol. The van der Waals surface area contributed by atoms with Crippen LogP contribution in [0.15, 0.2) is 47.6 Å². The molecular formula is C25H32N4O2S. The second-order valence-electron chi connectivity index (χ2n) is 7.92. The molecule has 1 N–H and O–H groups in total. The average Bonchev–Trinajstić information content (AvgIpc) is 3.18. The fourth-order valence-corrected chi connectivity index (χ4v) is 4.53. The number of aromatic nitrogens is 3. The summed E-state index contributed by atoms with van der Waals surface area (Å²) >= 11 is 1.67. The molecule has 0 unspecified atom stereocenters. The molecule has 0 saturated heterocycles. The zero-order chi connectivity index (χ0) is 22.9. The van der Waals surface area contributed by atoms with Gasteiger partial charge in [0, 0.05) is 31.2 Å². The van der Waals surface area contributed by atoms with Crippen LogP contribution in [0.3, 0.4) is 0 Å². The molecule has 0 atom stereocenters. The minimum atomic E-state index is 0.0868. The van der Waals surface area contributed by atoms with Gasteiger partial charge in [0.15, 0.2) is 5.16 Å². The minimum absolute atomic E-state index is 0.0868. The number of aryl methyl sites for hydroxylation is 3. The molecule has 1 amide bonds. The molecule has 0 aliphatic carbocycles. The number of rotatable bonds is 11. The van der Waals surface area contributed by atoms with Crippen LogP contribution in [0, 0.1) is 13.8 Å². The van der Waals surface area contributed by atoms with Crippen molar-refractivity contribution in [2.75, 3.05) is 13.7 Å². The molecule has 3 aromatic rings. The van der Waals surface area contributed by atoms with Crippen molar-refractivity contribution in [2.24, 2.45) is 0 Å². The Hall–Kier alpha value is -2.80. The largest absolute Gasteiger partial charge is 0.497 e. The molecular weight excluding hydrogens is 420 g/mol. The second-order valence-corrected chi connectivity index (χ2v) is 8.87. The van der Waals surface area contributed by atoms with E-state index in [-0.39, 0.29) is 5.91 Å². The first-order valence-electron chi connectivity index (χ1n) is 11.1. The summed E-state index contributed by atoms with van der Waals surface area (Å²) in [6, 6.07) is 14.5. The van der Waals surface area contributed by atoms with Gasteiger partial charge in [0.1, 0.15) is 11.6 Å². The Bertz CT molecular complexity index is 1030. The third-order valence-corrected chi connectivity index (χ3v) is 6.04. The Morgan fingerprint density at radius 3 is 2.62 bits per heavy atom. The van der Waals surface area contributed by atoms with Crippen LogP contribution in [0.2, 0.25) is 0 Å². The normalized spacial score (nSPS) is 10.9. The van der Waals surface area contributed by atoms with Crippen molar-refractivity contribution in [3.05, 3.63) is 65.0 Å². The summed E-state index contributed by atoms with van der Waals surface area (Å²) in [6.45, 7) is 7.01. The lowest BCUT2D eigenvalue weighted by atomic mass is 10.1. The van der Waals surface area contributed by atoms with Crippen LogP contribution in [0.25, 0.3) is 5.69 Å². The lowest BCUT2D eigenvalue weighted by Gasteiger charge is -2.12. The molecule has 0 aliphatic rings. The van der Waals surface area contributed by atoms with Gasteiger partial charge in [-0.15, -0.1) is 10.2 Å². The number of hydrogen-bond acceptors (Lipinski definition) is 5. The van der Waals surface area contributed by atoms with E-state index in [0.29, 0.717) is 12.8 Å². The van der Waals surface area contributed by atoms with Crippen molar-refractivity contribution in [1.29, 1.82) is 0 Å². The summed E-state index contributed by atoms with van der Waals surface area (Å²) < 4.78 is 7.51. The van der Waals surface area contributed by atoms with Crippen LogP contribution in [-0.4, -0.2) is 34.3 Å². The van der Waals surface area contributed by atoms with Crippen molar-refractivity contribution < 1.29 is 9.53 Å². The fourth-order valence-electron chi connectivity index (χ4n) is 3.62. The number of nitrogens with zero attached hydrogens (tertiary/aromatic N) is 3. The van der Waals surface area contributed by atoms with Gasteiger partial charge >= 0.3 is 0 Å². The Morgan fingerprint density at radius 2 is 1.91 bits per heavy atom. The minimum Gasteiger partial charge on any atom is -0.497 e. The van der Waals surface area contributed by atoms with E-state index in [9.17, 15) is 4.79 Å². The summed E-state index contributed by atoms with van der Waals surface area (Å²) in [7, 11) is 1.66. The number of carbonyl (C=O) groups excluding carboxylic acids is 1. The molecule has 1 aromatic heterocycles. The highest BCUT2D eigenvalue weighted by Crippen LogP contribution is 2.28. The molecule has 1 heterocycles. The van der Waals surface area contributed by atoms with Gasteiger partial charge < -0.3 is 10.1 Å². The number of thioether (sulfide) groups is 1. The predicted molar refractivity (Wildman–Crippen MR) is 130 cm³/mol. The SMILES string of the molecule is CCCNC(=O)CCCc1nnc(SCc2cc(C)cc(C)c2)n1-c1cccc(OC)c1. The molecule has 7 heteroatoms. The summed E-state index contributed by atoms with van der Waals surface area (Å²) in [5.41, 5.74) is 4.75. The maximum atomic E-state index is 12.0. The van der Waals surface area contributed by atoms with E-state index in [2.05, 4.69) is 52.1 Å². The average molecular weight is 453 g/mol. The zero-order valence-electron chi connectivity index (χ0n) is 19.4. The van der Waals surface area contributed by atoms with Crippen molar-refractivity contribution in [2.45, 2.75) is 57.4 Å². The maximum Gasteiger partial charge on any atom is 0.220 e. The van der Waals surface area contributed by atoms with Crippen molar-refractivity contribution in [3.8, 4) is 11.4 Å². The fraction of sp³-hybridized carbons (Fsp3) is 0.400. The van der Waals surface area contributed by atoms with Gasteiger partial charge in [0.05, 0.1) is 12.8 Å². The van der Waals surface area contributed by atoms with Crippen LogP contribution in [0.1, 0.15) is 48.7 Å². The Morgan fingerprint density at radius 1 is 1.12 bits per heavy atom. The molecule has 0 bridgehead atoms. The van der Waals surface area contributed by atoms with Gasteiger partial charge in [-0.1, -0.05) is 54.1 Å². The molecule has 0 spiro atoms. The van der Waals surface area contributed by atoms with Crippen molar-refractivity contribution in [1.82, 2.24) is 20.1 Å². The molecule has 0 fully saturated rings. The molecule has 0 saturated carbocycles. The molecule has 2 aromatic carbocycles. The third kappa shape index (κ3) is 6.60. The van der Waals surface area contributed by atoms with E-state index in [1.54, 1.807) is 18.9 Å². The maximum absolute atomic E-state index is 12.0. The zero-order valence-corrected chi connectivity index (χ0v) is 20.2. The molecule has 6 nitrogen and oxygen atoms in total. The number of methoxy groups -OCH3 is 1. The van der Waals surface area contributed by atoms with E-state index >= 15 is 0 Å². The molecule has 3 rings (SSSR count). The van der Waals surface area contributed by atoms with Gasteiger partial charge in [0.2, 0.25) is 5.91 Å². The van der Waals surface area contributed by atoms with E-state index in [1.807, 2.05) is 31.2 Å². The van der Waals surface area contributed by atoms with Crippen LogP contribution >= 0.6 is 11.8 Å². The van der Waals surface area contributed by atoms with Crippen LogP contribution in [0.4, 0.5) is 0 Å². The number of ether oxygens (including phenoxy) is 1. The lowest BCUT2D eigenvalue weighted by molar-refractivity contribution is -0.121. The molecule has 0 aliphatic heterocycles. The third-order valence-electron chi connectivity index (χ3n) is 5.04. The first-order chi connectivity index (χ1) is 15.5. The summed E-state index contributed by atoms with van der Waals surface area (Å²) in [4.78, 5) is 12.0. The first kappa shape index (κ1) is 23.9. The van der Waals surface area contributed by atoms with Crippen molar-refractivity contribution >= 4 is 17.7 Å². The number of nitrogens with one attached hydrogen (secondary N) is 1. The number of carbonyl (C=O) groups is 1. The Balaban J connectivity index is 1.80. The number of benzene rings is 2. The van der Waals surface area contributed by atoms with Crippen LogP contribution < -0.4 is 10.1 Å². The standard InChI is InChI=1S/C25H32N4O2S/c1-5-12-26-24(30)11-7-10-23-27-28-25(29(23)21-8-6-9-22(16-21)31-4)32-17-20-14-18(2)13-19(3)15-20/h6,8-9,13-16H,5,7,10-12,17H2,1-4H3,(H,26,30). The highest BCUT2D eigenvalue weighted by molar-refractivity contribution is 7.98. The van der Waals surface area contributed by atoms with E-state index < -0.39 is 0 Å². The van der Waals surface area contributed by atoms with Gasteiger partial charge in [0.25, 0.3) is 0 Å². The van der Waals surface area contributed by atoms with Gasteiger partial charge in [-0.2, -0.15) is 0 Å². The first-order valence-corrected chi connectivity index (χ1v) is 12.0. The summed E-state index contributed by atoms with van der Waals surface area (Å²) in [5.74, 6) is 2.53. The van der Waals surface area contributed by atoms with E-state index in [4.69, 9.17) is 4.74 Å².